The zero-order chi connectivity index (χ0) is 15.7. The van der Waals surface area contributed by atoms with E-state index in [1.807, 2.05) is 18.3 Å². The third-order valence-electron chi connectivity index (χ3n) is 4.40. The number of benzene rings is 1. The number of carbonyl (C=O) groups excluding carboxylic acids is 1. The molecule has 0 spiro atoms. The van der Waals surface area contributed by atoms with E-state index in [9.17, 15) is 4.79 Å². The summed E-state index contributed by atoms with van der Waals surface area (Å²) in [4.78, 5) is 16.7. The number of nitrogens with two attached hydrogens (primary N) is 1. The lowest BCUT2D eigenvalue weighted by atomic mass is 9.86. The molecule has 0 bridgehead atoms. The van der Waals surface area contributed by atoms with Crippen molar-refractivity contribution < 1.29 is 4.79 Å². The normalized spacial score (nSPS) is 21.8. The van der Waals surface area contributed by atoms with Crippen molar-refractivity contribution in [2.24, 2.45) is 11.7 Å². The predicted molar refractivity (Wildman–Crippen MR) is 92.7 cm³/mol. The molecule has 1 fully saturated rings. The Balaban J connectivity index is 1.77. The first-order valence-electron chi connectivity index (χ1n) is 7.65. The average Bonchev–Trinajstić information content (AvgIpc) is 2.47. The van der Waals surface area contributed by atoms with Crippen LogP contribution in [0.2, 0.25) is 0 Å². The first-order valence-corrected chi connectivity index (χ1v) is 8.44. The second-order valence-electron chi connectivity index (χ2n) is 6.11. The van der Waals surface area contributed by atoms with Crippen LogP contribution < -0.4 is 11.1 Å². The first-order chi connectivity index (χ1) is 10.5. The summed E-state index contributed by atoms with van der Waals surface area (Å²) < 4.78 is 1.03. The van der Waals surface area contributed by atoms with Crippen LogP contribution in [0.5, 0.6) is 0 Å². The van der Waals surface area contributed by atoms with Crippen LogP contribution >= 0.6 is 15.9 Å². The minimum absolute atomic E-state index is 0.0570. The molecule has 1 saturated carbocycles. The predicted octanol–water partition coefficient (Wildman–Crippen LogP) is 3.76. The van der Waals surface area contributed by atoms with E-state index < -0.39 is 0 Å². The van der Waals surface area contributed by atoms with E-state index in [0.717, 1.165) is 46.5 Å². The summed E-state index contributed by atoms with van der Waals surface area (Å²) in [5, 5.41) is 5.13. The van der Waals surface area contributed by atoms with Crippen molar-refractivity contribution in [1.82, 2.24) is 4.98 Å². The third-order valence-corrected chi connectivity index (χ3v) is 4.86. The molecular formula is C17H20BrN3O. The van der Waals surface area contributed by atoms with Crippen molar-refractivity contribution >= 4 is 38.4 Å². The molecule has 3 rings (SSSR count). The zero-order valence-electron chi connectivity index (χ0n) is 12.6. The molecule has 4 nitrogen and oxygen atoms in total. The minimum Gasteiger partial charge on any atom is -0.328 e. The highest BCUT2D eigenvalue weighted by Crippen LogP contribution is 2.27. The number of fused-ring (bicyclic) bond motifs is 1. The van der Waals surface area contributed by atoms with Crippen LogP contribution in [0.3, 0.4) is 0 Å². The monoisotopic (exact) mass is 361 g/mol. The van der Waals surface area contributed by atoms with Gasteiger partial charge < -0.3 is 11.1 Å². The molecule has 0 radical (unpaired) electrons. The van der Waals surface area contributed by atoms with Crippen LogP contribution in [-0.4, -0.2) is 16.9 Å². The third kappa shape index (κ3) is 3.31. The highest BCUT2D eigenvalue weighted by molar-refractivity contribution is 9.10. The van der Waals surface area contributed by atoms with Gasteiger partial charge in [-0.2, -0.15) is 0 Å². The molecule has 1 heterocycles. The summed E-state index contributed by atoms with van der Waals surface area (Å²) >= 11 is 3.51. The second-order valence-corrected chi connectivity index (χ2v) is 7.03. The van der Waals surface area contributed by atoms with Crippen molar-refractivity contribution in [2.75, 3.05) is 5.32 Å². The van der Waals surface area contributed by atoms with E-state index in [4.69, 9.17) is 5.73 Å². The summed E-state index contributed by atoms with van der Waals surface area (Å²) in [5.41, 5.74) is 7.05. The molecule has 1 aromatic carbocycles. The van der Waals surface area contributed by atoms with E-state index in [0.29, 0.717) is 5.82 Å². The Kier molecular flexibility index (Phi) is 4.45. The Bertz CT molecular complexity index is 708. The maximum atomic E-state index is 12.3. The van der Waals surface area contributed by atoms with Gasteiger partial charge >= 0.3 is 0 Å². The van der Waals surface area contributed by atoms with E-state index in [-0.39, 0.29) is 17.9 Å². The number of rotatable bonds is 2. The van der Waals surface area contributed by atoms with Gasteiger partial charge in [0.05, 0.1) is 0 Å². The molecule has 0 saturated heterocycles. The number of hydrogen-bond acceptors (Lipinski definition) is 3. The van der Waals surface area contributed by atoms with Gasteiger partial charge in [0.1, 0.15) is 5.82 Å². The standard InChI is InChI=1S/C17H20BrN3O/c1-10-6-13(18)7-12-8-16(20-9-15(10)12)21-17(22)11-2-4-14(19)5-3-11/h6-9,11,14H,2-5,19H2,1H3,(H,20,21,22). The van der Waals surface area contributed by atoms with Crippen LogP contribution in [0.4, 0.5) is 5.82 Å². The highest BCUT2D eigenvalue weighted by atomic mass is 79.9. The quantitative estimate of drug-likeness (QED) is 0.855. The van der Waals surface area contributed by atoms with Gasteiger partial charge in [-0.1, -0.05) is 15.9 Å². The van der Waals surface area contributed by atoms with Crippen molar-refractivity contribution in [3.63, 3.8) is 0 Å². The number of carbonyl (C=O) groups is 1. The summed E-state index contributed by atoms with van der Waals surface area (Å²) in [6.45, 7) is 2.05. The topological polar surface area (TPSA) is 68.0 Å². The van der Waals surface area contributed by atoms with Gasteiger partial charge in [0.25, 0.3) is 0 Å². The Hall–Kier alpha value is -1.46. The van der Waals surface area contributed by atoms with Crippen molar-refractivity contribution in [1.29, 1.82) is 0 Å². The van der Waals surface area contributed by atoms with Crippen LogP contribution in [0.1, 0.15) is 31.2 Å². The van der Waals surface area contributed by atoms with E-state index in [1.54, 1.807) is 0 Å². The van der Waals surface area contributed by atoms with Gasteiger partial charge in [0.2, 0.25) is 5.91 Å². The number of amides is 1. The first kappa shape index (κ1) is 15.4. The molecule has 116 valence electrons. The molecule has 1 aliphatic rings. The molecule has 0 aliphatic heterocycles. The zero-order valence-corrected chi connectivity index (χ0v) is 14.2. The molecule has 5 heteroatoms. The number of hydrogen-bond donors (Lipinski definition) is 2. The molecule has 3 N–H and O–H groups in total. The lowest BCUT2D eigenvalue weighted by Gasteiger charge is -2.25. The Labute approximate surface area is 138 Å². The smallest absolute Gasteiger partial charge is 0.228 e. The second kappa shape index (κ2) is 6.34. The van der Waals surface area contributed by atoms with Gasteiger partial charge in [0.15, 0.2) is 0 Å². The number of aryl methyl sites for hydroxylation is 1. The fourth-order valence-corrected chi connectivity index (χ4v) is 3.66. The van der Waals surface area contributed by atoms with Crippen LogP contribution in [0, 0.1) is 12.8 Å². The van der Waals surface area contributed by atoms with Crippen LogP contribution in [0.25, 0.3) is 10.8 Å². The van der Waals surface area contributed by atoms with E-state index in [2.05, 4.69) is 39.2 Å². The molecule has 22 heavy (non-hydrogen) atoms. The van der Waals surface area contributed by atoms with Gasteiger partial charge in [0, 0.05) is 28.0 Å². The highest BCUT2D eigenvalue weighted by Gasteiger charge is 2.24. The SMILES string of the molecule is Cc1cc(Br)cc2cc(NC(=O)C3CCC(N)CC3)ncc12. The summed E-state index contributed by atoms with van der Waals surface area (Å²) in [5.74, 6) is 0.733. The Morgan fingerprint density at radius 3 is 2.73 bits per heavy atom. The van der Waals surface area contributed by atoms with Gasteiger partial charge in [-0.3, -0.25) is 4.79 Å². The van der Waals surface area contributed by atoms with Crippen molar-refractivity contribution in [3.05, 3.63) is 34.4 Å². The minimum atomic E-state index is 0.0570. The number of aromatic nitrogens is 1. The largest absolute Gasteiger partial charge is 0.328 e. The maximum absolute atomic E-state index is 12.3. The summed E-state index contributed by atoms with van der Waals surface area (Å²) in [7, 11) is 0. The fraction of sp³-hybridized carbons (Fsp3) is 0.412. The molecule has 1 aromatic heterocycles. The molecule has 1 aliphatic carbocycles. The van der Waals surface area contributed by atoms with Gasteiger partial charge in [-0.15, -0.1) is 0 Å². The van der Waals surface area contributed by atoms with Crippen molar-refractivity contribution in [2.45, 2.75) is 38.6 Å². The number of nitrogens with one attached hydrogen (secondary N) is 1. The van der Waals surface area contributed by atoms with E-state index >= 15 is 0 Å². The number of halogens is 1. The van der Waals surface area contributed by atoms with Crippen molar-refractivity contribution in [3.8, 4) is 0 Å². The van der Waals surface area contributed by atoms with Crippen LogP contribution in [-0.2, 0) is 4.79 Å². The average molecular weight is 362 g/mol. The van der Waals surface area contributed by atoms with Gasteiger partial charge in [-0.05, 0) is 61.8 Å². The molecule has 0 unspecified atom stereocenters. The molecular weight excluding hydrogens is 342 g/mol. The molecule has 0 atom stereocenters. The Morgan fingerprint density at radius 1 is 1.27 bits per heavy atom. The number of anilines is 1. The van der Waals surface area contributed by atoms with E-state index in [1.165, 1.54) is 0 Å². The number of pyridine rings is 1. The summed E-state index contributed by atoms with van der Waals surface area (Å²) in [6, 6.07) is 6.29. The van der Waals surface area contributed by atoms with Crippen LogP contribution in [0.15, 0.2) is 28.9 Å². The maximum Gasteiger partial charge on any atom is 0.228 e. The lowest BCUT2D eigenvalue weighted by molar-refractivity contribution is -0.120. The number of nitrogens with zero attached hydrogens (tertiary/aromatic N) is 1. The molecule has 2 aromatic rings. The molecule has 1 amide bonds. The van der Waals surface area contributed by atoms with Gasteiger partial charge in [-0.25, -0.2) is 4.98 Å². The lowest BCUT2D eigenvalue weighted by Crippen LogP contribution is -2.32. The Morgan fingerprint density at radius 2 is 2.00 bits per heavy atom. The fourth-order valence-electron chi connectivity index (χ4n) is 3.07. The summed E-state index contributed by atoms with van der Waals surface area (Å²) in [6.07, 6.45) is 5.41.